The van der Waals surface area contributed by atoms with E-state index in [4.69, 9.17) is 0 Å². The molecule has 1 atom stereocenters. The minimum absolute atomic E-state index is 0.504. The van der Waals surface area contributed by atoms with E-state index in [1.165, 1.54) is 0 Å². The number of rotatable bonds is 3. The summed E-state index contributed by atoms with van der Waals surface area (Å²) >= 11 is 0. The molecule has 0 aliphatic rings. The molecule has 2 aromatic rings. The van der Waals surface area contributed by atoms with Crippen molar-refractivity contribution in [2.45, 2.75) is 12.5 Å². The van der Waals surface area contributed by atoms with E-state index in [9.17, 15) is 5.11 Å². The van der Waals surface area contributed by atoms with Crippen molar-refractivity contribution >= 4 is 0 Å². The highest BCUT2D eigenvalue weighted by atomic mass is 16.3. The van der Waals surface area contributed by atoms with Crippen LogP contribution < -0.4 is 0 Å². The summed E-state index contributed by atoms with van der Waals surface area (Å²) in [6.07, 6.45) is 6.85. The van der Waals surface area contributed by atoms with Crippen LogP contribution in [-0.2, 0) is 6.42 Å². The Balaban J connectivity index is 2.06. The molecule has 4 nitrogen and oxygen atoms in total. The van der Waals surface area contributed by atoms with Crippen LogP contribution in [0.25, 0.3) is 0 Å². The van der Waals surface area contributed by atoms with Gasteiger partial charge in [-0.15, -0.1) is 0 Å². The number of aromatic nitrogens is 3. The number of aliphatic hydroxyl groups excluding tert-OH is 1. The molecule has 0 radical (unpaired) electrons. The van der Waals surface area contributed by atoms with Crippen molar-refractivity contribution in [3.05, 3.63) is 48.0 Å². The highest BCUT2D eigenvalue weighted by molar-refractivity contribution is 5.15. The van der Waals surface area contributed by atoms with Crippen LogP contribution >= 0.6 is 0 Å². The zero-order valence-corrected chi connectivity index (χ0v) is 7.59. The largest absolute Gasteiger partial charge is 0.388 e. The van der Waals surface area contributed by atoms with Crippen molar-refractivity contribution in [1.29, 1.82) is 0 Å². The molecule has 0 fully saturated rings. The Labute approximate surface area is 81.6 Å². The molecule has 4 heteroatoms. The van der Waals surface area contributed by atoms with Crippen LogP contribution in [0.4, 0.5) is 0 Å². The summed E-state index contributed by atoms with van der Waals surface area (Å²) in [4.78, 5) is 3.92. The summed E-state index contributed by atoms with van der Waals surface area (Å²) in [7, 11) is 0. The van der Waals surface area contributed by atoms with E-state index in [1.54, 1.807) is 24.8 Å². The standard InChI is InChI=1S/C10H11N3O/c14-10(9-6-12-13-7-9)5-8-1-3-11-4-2-8/h1-4,6-7,10,14H,5H2,(H,12,13). The van der Waals surface area contributed by atoms with Crippen molar-refractivity contribution in [3.8, 4) is 0 Å². The highest BCUT2D eigenvalue weighted by Crippen LogP contribution is 2.15. The maximum absolute atomic E-state index is 9.78. The number of hydrogen-bond acceptors (Lipinski definition) is 3. The molecule has 2 aromatic heterocycles. The first-order valence-electron chi connectivity index (χ1n) is 4.42. The van der Waals surface area contributed by atoms with E-state index < -0.39 is 6.10 Å². The summed E-state index contributed by atoms with van der Waals surface area (Å²) < 4.78 is 0. The average Bonchev–Trinajstić information content (AvgIpc) is 2.72. The first-order valence-corrected chi connectivity index (χ1v) is 4.42. The molecule has 2 N–H and O–H groups in total. The average molecular weight is 189 g/mol. The number of hydrogen-bond donors (Lipinski definition) is 2. The van der Waals surface area contributed by atoms with Crippen molar-refractivity contribution in [2.75, 3.05) is 0 Å². The van der Waals surface area contributed by atoms with Crippen molar-refractivity contribution in [1.82, 2.24) is 15.2 Å². The zero-order chi connectivity index (χ0) is 9.80. The lowest BCUT2D eigenvalue weighted by molar-refractivity contribution is 0.178. The predicted octanol–water partition coefficient (Wildman–Crippen LogP) is 1.08. The summed E-state index contributed by atoms with van der Waals surface area (Å²) in [5.74, 6) is 0. The van der Waals surface area contributed by atoms with Gasteiger partial charge in [0.15, 0.2) is 0 Å². The van der Waals surface area contributed by atoms with E-state index in [0.717, 1.165) is 11.1 Å². The van der Waals surface area contributed by atoms with Gasteiger partial charge >= 0.3 is 0 Å². The van der Waals surface area contributed by atoms with Crippen LogP contribution in [0.15, 0.2) is 36.9 Å². The van der Waals surface area contributed by atoms with Gasteiger partial charge in [0.2, 0.25) is 0 Å². The molecule has 0 aliphatic carbocycles. The van der Waals surface area contributed by atoms with Crippen LogP contribution in [0.1, 0.15) is 17.2 Å². The SMILES string of the molecule is OC(Cc1ccncc1)c1cn[nH]c1. The number of aromatic amines is 1. The summed E-state index contributed by atoms with van der Waals surface area (Å²) in [6.45, 7) is 0. The number of nitrogens with one attached hydrogen (secondary N) is 1. The summed E-state index contributed by atoms with van der Waals surface area (Å²) in [5, 5.41) is 16.2. The molecule has 2 rings (SSSR count). The Morgan fingerprint density at radius 2 is 2.14 bits per heavy atom. The van der Waals surface area contributed by atoms with Gasteiger partial charge in [0.25, 0.3) is 0 Å². The van der Waals surface area contributed by atoms with Crippen LogP contribution in [-0.4, -0.2) is 20.3 Å². The van der Waals surface area contributed by atoms with Gasteiger partial charge in [-0.05, 0) is 17.7 Å². The molecule has 0 saturated heterocycles. The van der Waals surface area contributed by atoms with E-state index in [1.807, 2.05) is 12.1 Å². The number of aliphatic hydroxyl groups is 1. The normalized spacial score (nSPS) is 12.6. The number of pyridine rings is 1. The lowest BCUT2D eigenvalue weighted by Crippen LogP contribution is -2.00. The Kier molecular flexibility index (Phi) is 2.55. The van der Waals surface area contributed by atoms with Gasteiger partial charge < -0.3 is 5.11 Å². The Hall–Kier alpha value is -1.68. The van der Waals surface area contributed by atoms with Crippen molar-refractivity contribution < 1.29 is 5.11 Å². The second kappa shape index (κ2) is 4.02. The van der Waals surface area contributed by atoms with Gasteiger partial charge in [0.1, 0.15) is 0 Å². The minimum Gasteiger partial charge on any atom is -0.388 e. The van der Waals surface area contributed by atoms with Gasteiger partial charge in [-0.25, -0.2) is 0 Å². The van der Waals surface area contributed by atoms with Crippen molar-refractivity contribution in [3.63, 3.8) is 0 Å². The maximum atomic E-state index is 9.78. The maximum Gasteiger partial charge on any atom is 0.0860 e. The molecule has 0 aromatic carbocycles. The van der Waals surface area contributed by atoms with E-state index in [2.05, 4.69) is 15.2 Å². The fourth-order valence-electron chi connectivity index (χ4n) is 1.30. The smallest absolute Gasteiger partial charge is 0.0860 e. The van der Waals surface area contributed by atoms with E-state index in [0.29, 0.717) is 6.42 Å². The molecule has 0 aliphatic heterocycles. The Morgan fingerprint density at radius 1 is 1.36 bits per heavy atom. The first-order chi connectivity index (χ1) is 6.86. The second-order valence-corrected chi connectivity index (χ2v) is 3.11. The van der Waals surface area contributed by atoms with Crippen LogP contribution in [0, 0.1) is 0 Å². The summed E-state index contributed by atoms with van der Waals surface area (Å²) in [5.41, 5.74) is 1.87. The molecule has 2 heterocycles. The topological polar surface area (TPSA) is 61.8 Å². The Morgan fingerprint density at radius 3 is 2.79 bits per heavy atom. The van der Waals surface area contributed by atoms with Gasteiger partial charge in [0.05, 0.1) is 12.3 Å². The zero-order valence-electron chi connectivity index (χ0n) is 7.59. The van der Waals surface area contributed by atoms with Gasteiger partial charge in [-0.2, -0.15) is 5.10 Å². The summed E-state index contributed by atoms with van der Waals surface area (Å²) in [6, 6.07) is 3.78. The lowest BCUT2D eigenvalue weighted by atomic mass is 10.1. The minimum atomic E-state index is -0.504. The molecule has 72 valence electrons. The molecular formula is C10H11N3O. The fourth-order valence-corrected chi connectivity index (χ4v) is 1.30. The van der Waals surface area contributed by atoms with Crippen LogP contribution in [0.5, 0.6) is 0 Å². The van der Waals surface area contributed by atoms with Gasteiger partial charge in [-0.3, -0.25) is 10.1 Å². The van der Waals surface area contributed by atoms with E-state index >= 15 is 0 Å². The third-order valence-corrected chi connectivity index (χ3v) is 2.08. The molecular weight excluding hydrogens is 178 g/mol. The predicted molar refractivity (Wildman–Crippen MR) is 51.5 cm³/mol. The second-order valence-electron chi connectivity index (χ2n) is 3.11. The van der Waals surface area contributed by atoms with Crippen LogP contribution in [0.2, 0.25) is 0 Å². The van der Waals surface area contributed by atoms with Crippen LogP contribution in [0.3, 0.4) is 0 Å². The fraction of sp³-hybridized carbons (Fsp3) is 0.200. The van der Waals surface area contributed by atoms with Crippen molar-refractivity contribution in [2.24, 2.45) is 0 Å². The molecule has 0 bridgehead atoms. The van der Waals surface area contributed by atoms with E-state index in [-0.39, 0.29) is 0 Å². The Bertz CT molecular complexity index is 372. The number of H-pyrrole nitrogens is 1. The monoisotopic (exact) mass is 189 g/mol. The van der Waals surface area contributed by atoms with Gasteiger partial charge in [0, 0.05) is 30.6 Å². The molecule has 0 amide bonds. The molecule has 1 unspecified atom stereocenters. The third-order valence-electron chi connectivity index (χ3n) is 2.08. The molecule has 0 saturated carbocycles. The number of nitrogens with zero attached hydrogens (tertiary/aromatic N) is 2. The quantitative estimate of drug-likeness (QED) is 0.759. The molecule has 0 spiro atoms. The third kappa shape index (κ3) is 1.97. The molecule has 14 heavy (non-hydrogen) atoms. The lowest BCUT2D eigenvalue weighted by Gasteiger charge is -2.07. The van der Waals surface area contributed by atoms with Gasteiger partial charge in [-0.1, -0.05) is 0 Å². The first kappa shape index (κ1) is 8.90. The highest BCUT2D eigenvalue weighted by Gasteiger charge is 2.08.